The molecule has 0 amide bonds. The van der Waals surface area contributed by atoms with Gasteiger partial charge in [0.25, 0.3) is 0 Å². The van der Waals surface area contributed by atoms with Crippen molar-refractivity contribution in [2.75, 3.05) is 23.5 Å². The highest BCUT2D eigenvalue weighted by Crippen LogP contribution is 2.09. The third-order valence-corrected chi connectivity index (χ3v) is 4.66. The van der Waals surface area contributed by atoms with Gasteiger partial charge in [-0.25, -0.2) is 16.8 Å². The van der Waals surface area contributed by atoms with Crippen LogP contribution in [0.5, 0.6) is 0 Å². The Bertz CT molecular complexity index is 481. The highest BCUT2D eigenvalue weighted by Gasteiger charge is 2.20. The summed E-state index contributed by atoms with van der Waals surface area (Å²) in [5.74, 6) is -1.89. The van der Waals surface area contributed by atoms with Gasteiger partial charge in [-0.3, -0.25) is 4.79 Å². The molecule has 0 spiro atoms. The Balaban J connectivity index is 4.25. The van der Waals surface area contributed by atoms with E-state index in [0.29, 0.717) is 0 Å². The van der Waals surface area contributed by atoms with Gasteiger partial charge in [-0.05, 0) is 20.8 Å². The van der Waals surface area contributed by atoms with Crippen molar-refractivity contribution in [1.29, 1.82) is 0 Å². The number of hydrogen-bond acceptors (Lipinski definition) is 6. The van der Waals surface area contributed by atoms with Crippen LogP contribution in [0.4, 0.5) is 0 Å². The molecule has 0 bridgehead atoms. The van der Waals surface area contributed by atoms with Gasteiger partial charge in [0.2, 0.25) is 0 Å². The zero-order valence-electron chi connectivity index (χ0n) is 11.1. The lowest BCUT2D eigenvalue weighted by Crippen LogP contribution is -2.26. The van der Waals surface area contributed by atoms with Crippen molar-refractivity contribution < 1.29 is 26.4 Å². The van der Waals surface area contributed by atoms with Crippen molar-refractivity contribution in [2.24, 2.45) is 0 Å². The predicted molar refractivity (Wildman–Crippen MR) is 68.8 cm³/mol. The molecule has 0 aliphatic rings. The highest BCUT2D eigenvalue weighted by molar-refractivity contribution is 7.94. The Kier molecular flexibility index (Phi) is 5.80. The average molecular weight is 300 g/mol. The van der Waals surface area contributed by atoms with Gasteiger partial charge in [-0.15, -0.1) is 0 Å². The lowest BCUT2D eigenvalue weighted by molar-refractivity contribution is -0.154. The second-order valence-electron chi connectivity index (χ2n) is 5.12. The smallest absolute Gasteiger partial charge is 0.307 e. The monoisotopic (exact) mass is 300 g/mol. The molecule has 0 N–H and O–H groups in total. The summed E-state index contributed by atoms with van der Waals surface area (Å²) in [7, 11) is -6.87. The summed E-state index contributed by atoms with van der Waals surface area (Å²) < 4.78 is 49.6. The molecule has 0 aromatic heterocycles. The van der Waals surface area contributed by atoms with Gasteiger partial charge in [0.05, 0.1) is 23.7 Å². The van der Waals surface area contributed by atoms with Gasteiger partial charge in [-0.2, -0.15) is 0 Å². The van der Waals surface area contributed by atoms with Crippen molar-refractivity contribution in [3.05, 3.63) is 0 Å². The van der Waals surface area contributed by atoms with Crippen LogP contribution < -0.4 is 0 Å². The molecule has 0 aromatic carbocycles. The van der Waals surface area contributed by atoms with Crippen LogP contribution >= 0.6 is 0 Å². The Morgan fingerprint density at radius 1 is 1.00 bits per heavy atom. The SMILES string of the molecule is CC(C)(C)OC(=O)CCS(=O)(=O)CCS(C)(=O)=O. The Morgan fingerprint density at radius 2 is 1.50 bits per heavy atom. The third kappa shape index (κ3) is 10.5. The normalized spacial score (nSPS) is 13.3. The van der Waals surface area contributed by atoms with Gasteiger partial charge < -0.3 is 4.74 Å². The second-order valence-corrected chi connectivity index (χ2v) is 9.68. The van der Waals surface area contributed by atoms with Gasteiger partial charge in [0, 0.05) is 6.26 Å². The molecule has 108 valence electrons. The molecule has 0 rings (SSSR count). The van der Waals surface area contributed by atoms with E-state index < -0.39 is 48.5 Å². The maximum absolute atomic E-state index is 11.5. The molecule has 8 heteroatoms. The third-order valence-electron chi connectivity index (χ3n) is 1.80. The van der Waals surface area contributed by atoms with Crippen LogP contribution in [-0.4, -0.2) is 51.9 Å². The molecule has 0 heterocycles. The molecule has 6 nitrogen and oxygen atoms in total. The standard InChI is InChI=1S/C10H20O6S2/c1-10(2,3)16-9(11)5-6-18(14,15)8-7-17(4,12)13/h5-8H2,1-4H3. The van der Waals surface area contributed by atoms with Gasteiger partial charge in [0.15, 0.2) is 9.84 Å². The second kappa shape index (κ2) is 6.01. The number of hydrogen-bond donors (Lipinski definition) is 0. The zero-order chi connectivity index (χ0) is 14.6. The summed E-state index contributed by atoms with van der Waals surface area (Å²) in [5, 5.41) is 0. The summed E-state index contributed by atoms with van der Waals surface area (Å²) in [5.41, 5.74) is -0.659. The van der Waals surface area contributed by atoms with E-state index in [1.807, 2.05) is 0 Å². The average Bonchev–Trinajstić information content (AvgIpc) is 2.08. The first-order valence-electron chi connectivity index (χ1n) is 5.41. The zero-order valence-corrected chi connectivity index (χ0v) is 12.7. The fraction of sp³-hybridized carbons (Fsp3) is 0.900. The number of carbonyl (C=O) groups is 1. The number of esters is 1. The summed E-state index contributed by atoms with van der Waals surface area (Å²) in [4.78, 5) is 11.3. The van der Waals surface area contributed by atoms with Crippen molar-refractivity contribution in [1.82, 2.24) is 0 Å². The molecule has 0 atom stereocenters. The van der Waals surface area contributed by atoms with Gasteiger partial charge in [0.1, 0.15) is 15.4 Å². The molecule has 18 heavy (non-hydrogen) atoms. The van der Waals surface area contributed by atoms with E-state index in [9.17, 15) is 21.6 Å². The van der Waals surface area contributed by atoms with Crippen LogP contribution in [0.2, 0.25) is 0 Å². The van der Waals surface area contributed by atoms with Crippen LogP contribution in [-0.2, 0) is 29.2 Å². The predicted octanol–water partition coefficient (Wildman–Crippen LogP) is 0.178. The minimum absolute atomic E-state index is 0.261. The number of ether oxygens (including phenoxy) is 1. The minimum Gasteiger partial charge on any atom is -0.460 e. The van der Waals surface area contributed by atoms with E-state index in [4.69, 9.17) is 4.74 Å². The molecule has 0 radical (unpaired) electrons. The van der Waals surface area contributed by atoms with Crippen LogP contribution in [0, 0.1) is 0 Å². The molecular formula is C10H20O6S2. The van der Waals surface area contributed by atoms with E-state index in [0.717, 1.165) is 6.26 Å². The molecule has 0 unspecified atom stereocenters. The molecule has 0 aliphatic carbocycles. The summed E-state index contributed by atoms with van der Waals surface area (Å²) in [6.45, 7) is 5.05. The van der Waals surface area contributed by atoms with Crippen molar-refractivity contribution >= 4 is 25.6 Å². The lowest BCUT2D eigenvalue weighted by atomic mass is 10.2. The first-order chi connectivity index (χ1) is 7.81. The highest BCUT2D eigenvalue weighted by atomic mass is 32.2. The quantitative estimate of drug-likeness (QED) is 0.649. The molecule has 0 aromatic rings. The summed E-state index contributed by atoms with van der Waals surface area (Å²) >= 11 is 0. The molecule has 0 saturated carbocycles. The number of rotatable bonds is 6. The Morgan fingerprint density at radius 3 is 1.89 bits per heavy atom. The van der Waals surface area contributed by atoms with Crippen LogP contribution in [0.25, 0.3) is 0 Å². The first kappa shape index (κ1) is 17.4. The van der Waals surface area contributed by atoms with E-state index in [2.05, 4.69) is 0 Å². The number of carbonyl (C=O) groups excluding carboxylic acids is 1. The maximum Gasteiger partial charge on any atom is 0.307 e. The number of sulfone groups is 2. The van der Waals surface area contributed by atoms with Crippen LogP contribution in [0.1, 0.15) is 27.2 Å². The van der Waals surface area contributed by atoms with E-state index in [-0.39, 0.29) is 6.42 Å². The van der Waals surface area contributed by atoms with Crippen LogP contribution in [0.15, 0.2) is 0 Å². The Labute approximate surface area is 109 Å². The Hall–Kier alpha value is -0.630. The van der Waals surface area contributed by atoms with E-state index in [1.165, 1.54) is 0 Å². The molecular weight excluding hydrogens is 280 g/mol. The summed E-state index contributed by atoms with van der Waals surface area (Å²) in [6.07, 6.45) is 0.708. The first-order valence-corrected chi connectivity index (χ1v) is 9.29. The topological polar surface area (TPSA) is 94.6 Å². The molecule has 0 aliphatic heterocycles. The molecule has 0 saturated heterocycles. The van der Waals surface area contributed by atoms with Crippen molar-refractivity contribution in [2.45, 2.75) is 32.8 Å². The van der Waals surface area contributed by atoms with Gasteiger partial charge >= 0.3 is 5.97 Å². The van der Waals surface area contributed by atoms with E-state index in [1.54, 1.807) is 20.8 Å². The fourth-order valence-electron chi connectivity index (χ4n) is 1.01. The minimum atomic E-state index is -3.55. The maximum atomic E-state index is 11.5. The lowest BCUT2D eigenvalue weighted by Gasteiger charge is -2.19. The fourth-order valence-corrected chi connectivity index (χ4v) is 3.92. The van der Waals surface area contributed by atoms with Gasteiger partial charge in [-0.1, -0.05) is 0 Å². The van der Waals surface area contributed by atoms with Crippen LogP contribution in [0.3, 0.4) is 0 Å². The summed E-state index contributed by atoms with van der Waals surface area (Å²) in [6, 6.07) is 0. The van der Waals surface area contributed by atoms with E-state index >= 15 is 0 Å². The molecule has 0 fully saturated rings. The van der Waals surface area contributed by atoms with Crippen molar-refractivity contribution in [3.63, 3.8) is 0 Å². The largest absolute Gasteiger partial charge is 0.460 e. The van der Waals surface area contributed by atoms with Crippen molar-refractivity contribution in [3.8, 4) is 0 Å².